The number of carbonyl (C=O) groups excluding carboxylic acids is 1. The van der Waals surface area contributed by atoms with Gasteiger partial charge in [-0.15, -0.1) is 0 Å². The van der Waals surface area contributed by atoms with Gasteiger partial charge >= 0.3 is 5.97 Å². The molecule has 0 aliphatic rings. The van der Waals surface area contributed by atoms with Crippen LogP contribution in [0.15, 0.2) is 18.5 Å². The van der Waals surface area contributed by atoms with E-state index >= 15 is 0 Å². The molecule has 0 spiro atoms. The van der Waals surface area contributed by atoms with Crippen LogP contribution in [0.2, 0.25) is 0 Å². The maximum atomic E-state index is 10.9. The van der Waals surface area contributed by atoms with Crippen LogP contribution in [0.4, 0.5) is 0 Å². The van der Waals surface area contributed by atoms with Gasteiger partial charge in [-0.05, 0) is 25.1 Å². The van der Waals surface area contributed by atoms with E-state index in [4.69, 9.17) is 0 Å². The van der Waals surface area contributed by atoms with E-state index in [0.717, 1.165) is 19.5 Å². The molecule has 0 bridgehead atoms. The van der Waals surface area contributed by atoms with Crippen LogP contribution in [0.25, 0.3) is 0 Å². The van der Waals surface area contributed by atoms with Crippen molar-refractivity contribution in [2.24, 2.45) is 0 Å². The predicted octanol–water partition coefficient (Wildman–Crippen LogP) is 1.16. The fourth-order valence-corrected chi connectivity index (χ4v) is 1.45. The number of aromatic nitrogens is 1. The summed E-state index contributed by atoms with van der Waals surface area (Å²) in [6.07, 6.45) is 5.42. The number of carbonyl (C=O) groups is 1. The SMILES string of the molecule is CNCc1ccn(CCCC(=O)OC)c1. The van der Waals surface area contributed by atoms with Crippen molar-refractivity contribution in [3.8, 4) is 0 Å². The summed E-state index contributed by atoms with van der Waals surface area (Å²) < 4.78 is 6.67. The lowest BCUT2D eigenvalue weighted by Crippen LogP contribution is -2.05. The molecule has 84 valence electrons. The topological polar surface area (TPSA) is 43.3 Å². The standard InChI is InChI=1S/C11H18N2O2/c1-12-8-10-5-7-13(9-10)6-3-4-11(14)15-2/h5,7,9,12H,3-4,6,8H2,1-2H3. The Morgan fingerprint density at radius 3 is 3.07 bits per heavy atom. The van der Waals surface area contributed by atoms with Gasteiger partial charge in [-0.2, -0.15) is 0 Å². The van der Waals surface area contributed by atoms with Gasteiger partial charge in [-0.3, -0.25) is 4.79 Å². The predicted molar refractivity (Wildman–Crippen MR) is 58.4 cm³/mol. The molecular formula is C11H18N2O2. The zero-order valence-electron chi connectivity index (χ0n) is 9.32. The van der Waals surface area contributed by atoms with E-state index in [2.05, 4.69) is 26.9 Å². The lowest BCUT2D eigenvalue weighted by Gasteiger charge is -2.01. The van der Waals surface area contributed by atoms with Crippen LogP contribution in [0.1, 0.15) is 18.4 Å². The average Bonchev–Trinajstić information content (AvgIpc) is 2.66. The Labute approximate surface area is 90.2 Å². The van der Waals surface area contributed by atoms with E-state index < -0.39 is 0 Å². The van der Waals surface area contributed by atoms with Crippen LogP contribution in [0.5, 0.6) is 0 Å². The first-order valence-corrected chi connectivity index (χ1v) is 5.12. The monoisotopic (exact) mass is 210 g/mol. The van der Waals surface area contributed by atoms with Gasteiger partial charge in [0.15, 0.2) is 0 Å². The molecule has 1 rings (SSSR count). The van der Waals surface area contributed by atoms with E-state index in [-0.39, 0.29) is 5.97 Å². The van der Waals surface area contributed by atoms with Gasteiger partial charge in [-0.25, -0.2) is 0 Å². The first kappa shape index (κ1) is 11.8. The number of nitrogens with one attached hydrogen (secondary N) is 1. The summed E-state index contributed by atoms with van der Waals surface area (Å²) in [5, 5.41) is 3.09. The fourth-order valence-electron chi connectivity index (χ4n) is 1.45. The summed E-state index contributed by atoms with van der Waals surface area (Å²) >= 11 is 0. The number of ether oxygens (including phenoxy) is 1. The van der Waals surface area contributed by atoms with Gasteiger partial charge in [0.1, 0.15) is 0 Å². The number of aryl methyl sites for hydroxylation is 1. The van der Waals surface area contributed by atoms with Crippen molar-refractivity contribution in [2.45, 2.75) is 25.9 Å². The maximum Gasteiger partial charge on any atom is 0.305 e. The highest BCUT2D eigenvalue weighted by molar-refractivity contribution is 5.68. The number of hydrogen-bond acceptors (Lipinski definition) is 3. The lowest BCUT2D eigenvalue weighted by molar-refractivity contribution is -0.140. The first-order chi connectivity index (χ1) is 7.26. The molecule has 0 fully saturated rings. The molecule has 0 saturated carbocycles. The van der Waals surface area contributed by atoms with Crippen LogP contribution in [0, 0.1) is 0 Å². The number of methoxy groups -OCH3 is 1. The van der Waals surface area contributed by atoms with E-state index in [0.29, 0.717) is 6.42 Å². The quantitative estimate of drug-likeness (QED) is 0.716. The summed E-state index contributed by atoms with van der Waals surface area (Å²) in [4.78, 5) is 10.9. The van der Waals surface area contributed by atoms with Gasteiger partial charge in [0.25, 0.3) is 0 Å². The van der Waals surface area contributed by atoms with Crippen molar-refractivity contribution in [3.05, 3.63) is 24.0 Å². The maximum absolute atomic E-state index is 10.9. The molecule has 0 aromatic carbocycles. The molecular weight excluding hydrogens is 192 g/mol. The molecule has 0 aliphatic carbocycles. The van der Waals surface area contributed by atoms with Crippen molar-refractivity contribution >= 4 is 5.97 Å². The van der Waals surface area contributed by atoms with Crippen LogP contribution in [-0.4, -0.2) is 24.7 Å². The highest BCUT2D eigenvalue weighted by Gasteiger charge is 2.00. The third-order valence-corrected chi connectivity index (χ3v) is 2.22. The second kappa shape index (κ2) is 6.24. The Morgan fingerprint density at radius 2 is 2.40 bits per heavy atom. The van der Waals surface area contributed by atoms with Gasteiger partial charge in [0, 0.05) is 31.9 Å². The summed E-state index contributed by atoms with van der Waals surface area (Å²) in [7, 11) is 3.34. The van der Waals surface area contributed by atoms with Crippen LogP contribution >= 0.6 is 0 Å². The van der Waals surface area contributed by atoms with E-state index in [1.807, 2.05) is 13.2 Å². The minimum Gasteiger partial charge on any atom is -0.469 e. The zero-order valence-corrected chi connectivity index (χ0v) is 9.32. The fraction of sp³-hybridized carbons (Fsp3) is 0.545. The van der Waals surface area contributed by atoms with Crippen molar-refractivity contribution in [2.75, 3.05) is 14.2 Å². The summed E-state index contributed by atoms with van der Waals surface area (Å²) in [6, 6.07) is 2.08. The highest BCUT2D eigenvalue weighted by atomic mass is 16.5. The average molecular weight is 210 g/mol. The smallest absolute Gasteiger partial charge is 0.305 e. The molecule has 4 heteroatoms. The molecule has 1 heterocycles. The number of nitrogens with zero attached hydrogens (tertiary/aromatic N) is 1. The number of hydrogen-bond donors (Lipinski definition) is 1. The first-order valence-electron chi connectivity index (χ1n) is 5.12. The van der Waals surface area contributed by atoms with Crippen molar-refractivity contribution in [1.29, 1.82) is 0 Å². The Balaban J connectivity index is 2.28. The second-order valence-electron chi connectivity index (χ2n) is 3.47. The number of rotatable bonds is 6. The molecule has 4 nitrogen and oxygen atoms in total. The molecule has 1 N–H and O–H groups in total. The molecule has 0 amide bonds. The Bertz CT molecular complexity index is 307. The minimum atomic E-state index is -0.141. The molecule has 0 unspecified atom stereocenters. The van der Waals surface area contributed by atoms with Gasteiger partial charge in [0.2, 0.25) is 0 Å². The normalized spacial score (nSPS) is 10.3. The molecule has 1 aromatic heterocycles. The van der Waals surface area contributed by atoms with E-state index in [1.54, 1.807) is 0 Å². The van der Waals surface area contributed by atoms with Crippen LogP contribution in [-0.2, 0) is 22.6 Å². The van der Waals surface area contributed by atoms with Crippen molar-refractivity contribution in [1.82, 2.24) is 9.88 Å². The third kappa shape index (κ3) is 4.16. The van der Waals surface area contributed by atoms with Crippen molar-refractivity contribution in [3.63, 3.8) is 0 Å². The number of esters is 1. The second-order valence-corrected chi connectivity index (χ2v) is 3.47. The Morgan fingerprint density at radius 1 is 1.60 bits per heavy atom. The molecule has 0 saturated heterocycles. The van der Waals surface area contributed by atoms with Gasteiger partial charge < -0.3 is 14.6 Å². The van der Waals surface area contributed by atoms with Crippen molar-refractivity contribution < 1.29 is 9.53 Å². The van der Waals surface area contributed by atoms with E-state index in [1.165, 1.54) is 12.7 Å². The minimum absolute atomic E-state index is 0.141. The van der Waals surface area contributed by atoms with Gasteiger partial charge in [0.05, 0.1) is 7.11 Å². The third-order valence-electron chi connectivity index (χ3n) is 2.22. The van der Waals surface area contributed by atoms with Crippen LogP contribution < -0.4 is 5.32 Å². The molecule has 1 aromatic rings. The lowest BCUT2D eigenvalue weighted by atomic mass is 10.3. The summed E-state index contributed by atoms with van der Waals surface area (Å²) in [6.45, 7) is 1.74. The molecule has 0 atom stereocenters. The molecule has 15 heavy (non-hydrogen) atoms. The van der Waals surface area contributed by atoms with Gasteiger partial charge in [-0.1, -0.05) is 0 Å². The Kier molecular flexibility index (Phi) is 4.90. The van der Waals surface area contributed by atoms with E-state index in [9.17, 15) is 4.79 Å². The highest BCUT2D eigenvalue weighted by Crippen LogP contribution is 2.03. The largest absolute Gasteiger partial charge is 0.469 e. The van der Waals surface area contributed by atoms with Crippen LogP contribution in [0.3, 0.4) is 0 Å². The summed E-state index contributed by atoms with van der Waals surface area (Å²) in [5.74, 6) is -0.141. The summed E-state index contributed by atoms with van der Waals surface area (Å²) in [5.41, 5.74) is 1.26. The molecule has 0 aliphatic heterocycles. The molecule has 0 radical (unpaired) electrons. The Hall–Kier alpha value is -1.29. The zero-order chi connectivity index (χ0) is 11.1.